The van der Waals surface area contributed by atoms with Crippen molar-refractivity contribution in [2.24, 2.45) is 0 Å². The van der Waals surface area contributed by atoms with Crippen molar-refractivity contribution in [3.05, 3.63) is 72.2 Å². The van der Waals surface area contributed by atoms with Crippen molar-refractivity contribution >= 4 is 11.7 Å². The monoisotopic (exact) mass is 322 g/mol. The number of para-hydroxylation sites is 1. The van der Waals surface area contributed by atoms with E-state index in [0.29, 0.717) is 17.9 Å². The molecule has 24 heavy (non-hydrogen) atoms. The number of hydrogen-bond acceptors (Lipinski definition) is 4. The van der Waals surface area contributed by atoms with Gasteiger partial charge in [0.1, 0.15) is 5.82 Å². The van der Waals surface area contributed by atoms with Crippen LogP contribution in [0.1, 0.15) is 11.3 Å². The molecule has 2 heterocycles. The van der Waals surface area contributed by atoms with Crippen LogP contribution in [-0.4, -0.2) is 32.4 Å². The first-order chi connectivity index (χ1) is 11.7. The number of aliphatic hydroxyl groups excluding tert-OH is 1. The molecule has 122 valence electrons. The third kappa shape index (κ3) is 4.05. The minimum Gasteiger partial charge on any atom is -0.396 e. The molecule has 2 aromatic heterocycles. The van der Waals surface area contributed by atoms with Gasteiger partial charge in [0.25, 0.3) is 0 Å². The van der Waals surface area contributed by atoms with Crippen molar-refractivity contribution in [1.82, 2.24) is 14.8 Å². The van der Waals surface area contributed by atoms with Gasteiger partial charge in [0.05, 0.1) is 17.8 Å². The third-order valence-electron chi connectivity index (χ3n) is 3.50. The zero-order chi connectivity index (χ0) is 16.8. The summed E-state index contributed by atoms with van der Waals surface area (Å²) < 4.78 is 1.74. The summed E-state index contributed by atoms with van der Waals surface area (Å²) in [5.41, 5.74) is 2.56. The van der Waals surface area contributed by atoms with Gasteiger partial charge in [-0.1, -0.05) is 18.2 Å². The van der Waals surface area contributed by atoms with E-state index in [1.807, 2.05) is 48.7 Å². The van der Waals surface area contributed by atoms with E-state index in [1.54, 1.807) is 16.9 Å². The van der Waals surface area contributed by atoms with Crippen LogP contribution in [0.25, 0.3) is 5.69 Å². The van der Waals surface area contributed by atoms with Gasteiger partial charge in [-0.15, -0.1) is 0 Å². The highest BCUT2D eigenvalue weighted by atomic mass is 16.3. The normalized spacial score (nSPS) is 10.5. The number of rotatable bonds is 6. The molecule has 0 atom stereocenters. The van der Waals surface area contributed by atoms with Crippen LogP contribution in [-0.2, 0) is 17.6 Å². The average Bonchev–Trinajstić information content (AvgIpc) is 3.04. The quantitative estimate of drug-likeness (QED) is 0.727. The average molecular weight is 322 g/mol. The fourth-order valence-electron chi connectivity index (χ4n) is 2.36. The number of nitrogens with one attached hydrogen (secondary N) is 1. The Balaban J connectivity index is 1.63. The van der Waals surface area contributed by atoms with Crippen molar-refractivity contribution in [3.63, 3.8) is 0 Å². The standard InChI is InChI=1S/C18H18N4O2/c23-11-8-14-6-9-19-17(12-14)20-18(24)13-15-7-10-22(21-15)16-4-2-1-3-5-16/h1-7,9-10,12,23H,8,11,13H2,(H,19,20,24). The van der Waals surface area contributed by atoms with Gasteiger partial charge in [0.15, 0.2) is 0 Å². The number of amides is 1. The Morgan fingerprint density at radius 2 is 2.00 bits per heavy atom. The molecule has 6 heteroatoms. The van der Waals surface area contributed by atoms with Crippen LogP contribution in [0.3, 0.4) is 0 Å². The summed E-state index contributed by atoms with van der Waals surface area (Å²) in [6.07, 6.45) is 4.15. The molecule has 0 fully saturated rings. The van der Waals surface area contributed by atoms with E-state index in [9.17, 15) is 4.79 Å². The Labute approximate surface area is 139 Å². The van der Waals surface area contributed by atoms with Gasteiger partial charge in [0.2, 0.25) is 5.91 Å². The van der Waals surface area contributed by atoms with Crippen LogP contribution < -0.4 is 5.32 Å². The maximum atomic E-state index is 12.1. The van der Waals surface area contributed by atoms with Crippen molar-refractivity contribution in [3.8, 4) is 5.69 Å². The molecule has 3 aromatic rings. The van der Waals surface area contributed by atoms with Crippen molar-refractivity contribution in [1.29, 1.82) is 0 Å². The highest BCUT2D eigenvalue weighted by Crippen LogP contribution is 2.10. The van der Waals surface area contributed by atoms with Crippen molar-refractivity contribution in [2.75, 3.05) is 11.9 Å². The van der Waals surface area contributed by atoms with E-state index in [2.05, 4.69) is 15.4 Å². The molecule has 0 saturated carbocycles. The number of aliphatic hydroxyl groups is 1. The molecule has 1 amide bonds. The Morgan fingerprint density at radius 1 is 1.17 bits per heavy atom. The molecular weight excluding hydrogens is 304 g/mol. The van der Waals surface area contributed by atoms with E-state index in [4.69, 9.17) is 5.11 Å². The Hall–Kier alpha value is -2.99. The smallest absolute Gasteiger partial charge is 0.231 e. The molecule has 0 unspecified atom stereocenters. The lowest BCUT2D eigenvalue weighted by atomic mass is 10.2. The summed E-state index contributed by atoms with van der Waals surface area (Å²) >= 11 is 0. The van der Waals surface area contributed by atoms with E-state index in [1.165, 1.54) is 0 Å². The molecule has 0 bridgehead atoms. The zero-order valence-corrected chi connectivity index (χ0v) is 13.1. The fraction of sp³-hybridized carbons (Fsp3) is 0.167. The number of benzene rings is 1. The van der Waals surface area contributed by atoms with Gasteiger partial charge in [-0.05, 0) is 42.3 Å². The Bertz CT molecular complexity index is 815. The maximum Gasteiger partial charge on any atom is 0.231 e. The van der Waals surface area contributed by atoms with Gasteiger partial charge in [-0.3, -0.25) is 4.79 Å². The van der Waals surface area contributed by atoms with Crippen LogP contribution in [0.4, 0.5) is 5.82 Å². The van der Waals surface area contributed by atoms with Crippen molar-refractivity contribution in [2.45, 2.75) is 12.8 Å². The predicted octanol–water partition coefficient (Wildman–Crippen LogP) is 1.98. The first-order valence-electron chi connectivity index (χ1n) is 7.70. The van der Waals surface area contributed by atoms with Crippen LogP contribution in [0.15, 0.2) is 60.9 Å². The first-order valence-corrected chi connectivity index (χ1v) is 7.70. The van der Waals surface area contributed by atoms with Crippen LogP contribution in [0.5, 0.6) is 0 Å². The molecule has 0 radical (unpaired) electrons. The van der Waals surface area contributed by atoms with Gasteiger partial charge >= 0.3 is 0 Å². The lowest BCUT2D eigenvalue weighted by molar-refractivity contribution is -0.115. The fourth-order valence-corrected chi connectivity index (χ4v) is 2.36. The number of hydrogen-bond donors (Lipinski definition) is 2. The van der Waals surface area contributed by atoms with Crippen LogP contribution in [0, 0.1) is 0 Å². The van der Waals surface area contributed by atoms with Gasteiger partial charge in [-0.25, -0.2) is 9.67 Å². The number of carbonyl (C=O) groups is 1. The molecule has 0 spiro atoms. The van der Waals surface area contributed by atoms with Crippen molar-refractivity contribution < 1.29 is 9.90 Å². The molecular formula is C18H18N4O2. The molecule has 2 N–H and O–H groups in total. The summed E-state index contributed by atoms with van der Waals surface area (Å²) in [6.45, 7) is 0.0638. The predicted molar refractivity (Wildman–Crippen MR) is 90.9 cm³/mol. The molecule has 0 saturated heterocycles. The molecule has 1 aromatic carbocycles. The minimum atomic E-state index is -0.179. The minimum absolute atomic E-state index is 0.0638. The highest BCUT2D eigenvalue weighted by Gasteiger charge is 2.08. The summed E-state index contributed by atoms with van der Waals surface area (Å²) in [6, 6.07) is 15.1. The molecule has 0 aliphatic heterocycles. The Morgan fingerprint density at radius 3 is 2.79 bits per heavy atom. The largest absolute Gasteiger partial charge is 0.396 e. The highest BCUT2D eigenvalue weighted by molar-refractivity contribution is 5.91. The van der Waals surface area contributed by atoms with Gasteiger partial charge < -0.3 is 10.4 Å². The Kier molecular flexibility index (Phi) is 4.98. The second kappa shape index (κ2) is 7.52. The molecule has 6 nitrogen and oxygen atoms in total. The topological polar surface area (TPSA) is 80.0 Å². The number of nitrogens with zero attached hydrogens (tertiary/aromatic N) is 3. The SMILES string of the molecule is O=C(Cc1ccn(-c2ccccc2)n1)Nc1cc(CCO)ccn1. The summed E-state index contributed by atoms with van der Waals surface area (Å²) in [7, 11) is 0. The number of pyridine rings is 1. The lowest BCUT2D eigenvalue weighted by Gasteiger charge is -2.05. The molecule has 0 aliphatic rings. The summed E-state index contributed by atoms with van der Waals surface area (Å²) in [5.74, 6) is 0.301. The molecule has 0 aliphatic carbocycles. The van der Waals surface area contributed by atoms with E-state index >= 15 is 0 Å². The summed E-state index contributed by atoms with van der Waals surface area (Å²) in [5, 5.41) is 16.1. The third-order valence-corrected chi connectivity index (χ3v) is 3.50. The van der Waals surface area contributed by atoms with Gasteiger partial charge in [-0.2, -0.15) is 5.10 Å². The van der Waals surface area contributed by atoms with Gasteiger partial charge in [0, 0.05) is 19.0 Å². The second-order valence-electron chi connectivity index (χ2n) is 5.34. The second-order valence-corrected chi connectivity index (χ2v) is 5.34. The number of anilines is 1. The zero-order valence-electron chi connectivity index (χ0n) is 13.1. The molecule has 3 rings (SSSR count). The van der Waals surface area contributed by atoms with E-state index in [0.717, 1.165) is 11.3 Å². The lowest BCUT2D eigenvalue weighted by Crippen LogP contribution is -2.16. The maximum absolute atomic E-state index is 12.1. The van der Waals surface area contributed by atoms with E-state index in [-0.39, 0.29) is 18.9 Å². The van der Waals surface area contributed by atoms with E-state index < -0.39 is 0 Å². The van der Waals surface area contributed by atoms with Crippen LogP contribution in [0.2, 0.25) is 0 Å². The first kappa shape index (κ1) is 15.9. The number of aromatic nitrogens is 3. The summed E-state index contributed by atoms with van der Waals surface area (Å²) in [4.78, 5) is 16.3. The van der Waals surface area contributed by atoms with Crippen LogP contribution >= 0.6 is 0 Å². The number of carbonyl (C=O) groups excluding carboxylic acids is 1.